The van der Waals surface area contributed by atoms with Crippen LogP contribution >= 0.6 is 0 Å². The summed E-state index contributed by atoms with van der Waals surface area (Å²) in [5.74, 6) is 1.06. The van der Waals surface area contributed by atoms with E-state index in [1.165, 1.54) is 18.1 Å². The number of piperidine rings is 1. The Morgan fingerprint density at radius 1 is 1.42 bits per heavy atom. The van der Waals surface area contributed by atoms with Gasteiger partial charge in [0.15, 0.2) is 0 Å². The van der Waals surface area contributed by atoms with Crippen LogP contribution in [0.4, 0.5) is 0 Å². The molecule has 1 aromatic rings. The van der Waals surface area contributed by atoms with E-state index >= 15 is 0 Å². The van der Waals surface area contributed by atoms with Gasteiger partial charge in [-0.3, -0.25) is 9.28 Å². The van der Waals surface area contributed by atoms with Gasteiger partial charge < -0.3 is 14.6 Å². The number of ether oxygens (including phenoxy) is 2. The number of esters is 1. The number of likely N-dealkylation sites (tertiary alicyclic amines) is 1. The molecule has 0 aromatic heterocycles. The molecule has 2 heterocycles. The fourth-order valence-corrected chi connectivity index (χ4v) is 6.04. The highest BCUT2D eigenvalue weighted by atomic mass is 16.5. The van der Waals surface area contributed by atoms with Gasteiger partial charge in [-0.15, -0.1) is 0 Å². The molecular formula is C21H26NO4+. The van der Waals surface area contributed by atoms with Crippen molar-refractivity contribution in [2.45, 2.75) is 50.4 Å². The van der Waals surface area contributed by atoms with Gasteiger partial charge in [0.2, 0.25) is 6.73 Å². The molecule has 0 amide bonds. The quantitative estimate of drug-likeness (QED) is 0.499. The zero-order valence-electron chi connectivity index (χ0n) is 15.6. The van der Waals surface area contributed by atoms with Crippen LogP contribution in [-0.2, 0) is 21.4 Å². The molecule has 2 aliphatic carbocycles. The van der Waals surface area contributed by atoms with Crippen molar-refractivity contribution in [2.75, 3.05) is 20.3 Å². The fourth-order valence-electron chi connectivity index (χ4n) is 6.04. The van der Waals surface area contributed by atoms with Crippen molar-refractivity contribution in [1.29, 1.82) is 0 Å². The van der Waals surface area contributed by atoms with Crippen LogP contribution in [-0.4, -0.2) is 54.1 Å². The molecule has 6 atom stereocenters. The van der Waals surface area contributed by atoms with E-state index in [1.807, 2.05) is 6.08 Å². The Hall–Kier alpha value is -1.85. The number of carbonyl (C=O) groups is 1. The molecule has 1 fully saturated rings. The molecule has 5 rings (SSSR count). The molecular weight excluding hydrogens is 330 g/mol. The summed E-state index contributed by atoms with van der Waals surface area (Å²) in [6, 6.07) is 4.69. The van der Waals surface area contributed by atoms with Crippen LogP contribution in [0.5, 0.6) is 5.75 Å². The molecule has 5 heteroatoms. The Kier molecular flexibility index (Phi) is 3.21. The van der Waals surface area contributed by atoms with E-state index in [-0.39, 0.29) is 17.5 Å². The number of carbonyl (C=O) groups excluding carboxylic acids is 1. The maximum absolute atomic E-state index is 11.4. The van der Waals surface area contributed by atoms with E-state index in [2.05, 4.69) is 32.2 Å². The van der Waals surface area contributed by atoms with E-state index < -0.39 is 6.10 Å². The largest absolute Gasteiger partial charge is 0.486 e. The minimum Gasteiger partial charge on any atom is -0.486 e. The summed E-state index contributed by atoms with van der Waals surface area (Å²) in [4.78, 5) is 11.4. The fraction of sp³-hybridized carbons (Fsp3) is 0.571. The van der Waals surface area contributed by atoms with Crippen molar-refractivity contribution in [3.05, 3.63) is 41.0 Å². The molecule has 5 nitrogen and oxygen atoms in total. The first kappa shape index (κ1) is 16.3. The molecule has 1 spiro atoms. The lowest BCUT2D eigenvalue weighted by Crippen LogP contribution is -2.71. The SMILES string of the molecule is CC(=O)OC[N@+]1(C)CC[C@]23c4c5ccc(C)c4O[C@H]2[C@@H](O)C=C[C@H]3C1C5. The molecule has 26 heavy (non-hydrogen) atoms. The molecule has 2 aliphatic heterocycles. The molecule has 1 N–H and O–H groups in total. The number of benzene rings is 1. The zero-order valence-corrected chi connectivity index (χ0v) is 15.6. The number of hydrogen-bond acceptors (Lipinski definition) is 4. The minimum atomic E-state index is -0.574. The number of aryl methyl sites for hydroxylation is 1. The normalized spacial score (nSPS) is 41.4. The highest BCUT2D eigenvalue weighted by molar-refractivity contribution is 5.65. The van der Waals surface area contributed by atoms with E-state index in [0.29, 0.717) is 18.7 Å². The first-order chi connectivity index (χ1) is 12.4. The van der Waals surface area contributed by atoms with Crippen molar-refractivity contribution in [1.82, 2.24) is 0 Å². The van der Waals surface area contributed by atoms with E-state index in [4.69, 9.17) is 9.47 Å². The van der Waals surface area contributed by atoms with Gasteiger partial charge in [-0.2, -0.15) is 0 Å². The average molecular weight is 356 g/mol. The van der Waals surface area contributed by atoms with Crippen molar-refractivity contribution >= 4 is 5.97 Å². The summed E-state index contributed by atoms with van der Waals surface area (Å²) < 4.78 is 12.6. The monoisotopic (exact) mass is 356 g/mol. The third-order valence-electron chi connectivity index (χ3n) is 7.32. The van der Waals surface area contributed by atoms with Crippen LogP contribution < -0.4 is 4.74 Å². The van der Waals surface area contributed by atoms with Gasteiger partial charge in [0.1, 0.15) is 24.0 Å². The molecule has 0 saturated carbocycles. The Balaban J connectivity index is 1.68. The van der Waals surface area contributed by atoms with Gasteiger partial charge >= 0.3 is 5.97 Å². The summed E-state index contributed by atoms with van der Waals surface area (Å²) in [6.07, 6.45) is 5.21. The number of quaternary nitrogens is 1. The van der Waals surface area contributed by atoms with Crippen LogP contribution in [0.15, 0.2) is 24.3 Å². The van der Waals surface area contributed by atoms with Crippen LogP contribution in [0.25, 0.3) is 0 Å². The predicted octanol–water partition coefficient (Wildman–Crippen LogP) is 1.84. The van der Waals surface area contributed by atoms with Gasteiger partial charge in [0.05, 0.1) is 19.0 Å². The number of likely N-dealkylation sites (N-methyl/N-ethyl adjacent to an activating group) is 1. The number of aliphatic hydroxyl groups is 1. The van der Waals surface area contributed by atoms with Gasteiger partial charge in [0.25, 0.3) is 0 Å². The molecule has 1 saturated heterocycles. The summed E-state index contributed by atoms with van der Waals surface area (Å²) in [5.41, 5.74) is 3.68. The van der Waals surface area contributed by atoms with Gasteiger partial charge in [0, 0.05) is 31.2 Å². The predicted molar refractivity (Wildman–Crippen MR) is 95.7 cm³/mol. The molecule has 2 bridgehead atoms. The molecule has 138 valence electrons. The number of nitrogens with zero attached hydrogens (tertiary/aromatic N) is 1. The highest BCUT2D eigenvalue weighted by Gasteiger charge is 2.67. The van der Waals surface area contributed by atoms with Crippen molar-refractivity contribution in [3.63, 3.8) is 0 Å². The maximum atomic E-state index is 11.4. The lowest BCUT2D eigenvalue weighted by Gasteiger charge is -2.59. The van der Waals surface area contributed by atoms with Crippen LogP contribution in [0, 0.1) is 12.8 Å². The number of aliphatic hydroxyl groups excluding tert-OH is 1. The van der Waals surface area contributed by atoms with Crippen molar-refractivity contribution in [3.8, 4) is 5.75 Å². The maximum Gasteiger partial charge on any atom is 0.306 e. The topological polar surface area (TPSA) is 55.8 Å². The molecule has 1 aromatic carbocycles. The Bertz CT molecular complexity index is 834. The zero-order chi connectivity index (χ0) is 18.3. The minimum absolute atomic E-state index is 0.151. The van der Waals surface area contributed by atoms with Crippen LogP contribution in [0.1, 0.15) is 30.0 Å². The lowest BCUT2D eigenvalue weighted by molar-refractivity contribution is -0.958. The summed E-state index contributed by atoms with van der Waals surface area (Å²) in [5, 5.41) is 10.7. The summed E-state index contributed by atoms with van der Waals surface area (Å²) in [7, 11) is 2.20. The van der Waals surface area contributed by atoms with Crippen LogP contribution in [0.2, 0.25) is 0 Å². The standard InChI is InChI=1S/C21H26NO4/c1-12-4-5-14-10-16-15-6-7-17(24)20-21(15,18(14)19(12)26-20)8-9-22(16,3)11-25-13(2)23/h4-7,15-17,20,24H,8-11H2,1-3H3/q+1/t15-,16?,17-,20-,21-,22-/m0/s1. The molecule has 4 aliphatic rings. The first-order valence-electron chi connectivity index (χ1n) is 9.50. The lowest BCUT2D eigenvalue weighted by atomic mass is 9.52. The van der Waals surface area contributed by atoms with Gasteiger partial charge in [-0.05, 0) is 18.1 Å². The van der Waals surface area contributed by atoms with E-state index in [9.17, 15) is 9.90 Å². The second-order valence-corrected chi connectivity index (χ2v) is 8.72. The Morgan fingerprint density at radius 3 is 3.00 bits per heavy atom. The second kappa shape index (κ2) is 5.11. The van der Waals surface area contributed by atoms with Crippen molar-refractivity contribution < 1.29 is 23.9 Å². The van der Waals surface area contributed by atoms with E-state index in [0.717, 1.165) is 35.2 Å². The van der Waals surface area contributed by atoms with Gasteiger partial charge in [-0.25, -0.2) is 0 Å². The average Bonchev–Trinajstić information content (AvgIpc) is 2.96. The Labute approximate surface area is 153 Å². The van der Waals surface area contributed by atoms with Gasteiger partial charge in [-0.1, -0.05) is 24.3 Å². The first-order valence-corrected chi connectivity index (χ1v) is 9.50. The smallest absolute Gasteiger partial charge is 0.306 e. The highest BCUT2D eigenvalue weighted by Crippen LogP contribution is 2.62. The second-order valence-electron chi connectivity index (χ2n) is 8.72. The molecule has 1 unspecified atom stereocenters. The van der Waals surface area contributed by atoms with E-state index in [1.54, 1.807) is 0 Å². The summed E-state index contributed by atoms with van der Waals surface area (Å²) in [6.45, 7) is 4.89. The molecule has 0 radical (unpaired) electrons. The number of hydrogen-bond donors (Lipinski definition) is 1. The van der Waals surface area contributed by atoms with Crippen LogP contribution in [0.3, 0.4) is 0 Å². The summed E-state index contributed by atoms with van der Waals surface area (Å²) >= 11 is 0. The number of rotatable bonds is 2. The Morgan fingerprint density at radius 2 is 2.23 bits per heavy atom. The third kappa shape index (κ3) is 1.85. The van der Waals surface area contributed by atoms with Crippen molar-refractivity contribution in [2.24, 2.45) is 5.92 Å². The third-order valence-corrected chi connectivity index (χ3v) is 7.32.